The van der Waals surface area contributed by atoms with Gasteiger partial charge in [0.15, 0.2) is 0 Å². The molecule has 0 saturated heterocycles. The van der Waals surface area contributed by atoms with Crippen molar-refractivity contribution in [1.29, 1.82) is 0 Å². The lowest BCUT2D eigenvalue weighted by molar-refractivity contribution is -0.145. The summed E-state index contributed by atoms with van der Waals surface area (Å²) in [4.78, 5) is 0. The van der Waals surface area contributed by atoms with Gasteiger partial charge in [-0.05, 0) is 0 Å². The maximum Gasteiger partial charge on any atom is 0.391 e. The molecule has 0 saturated carbocycles. The first kappa shape index (κ1) is 8.68. The van der Waals surface area contributed by atoms with E-state index in [0.717, 1.165) is 0 Å². The Morgan fingerprint density at radius 1 is 1.33 bits per heavy atom. The van der Waals surface area contributed by atoms with Crippen LogP contribution in [0.4, 0.5) is 17.6 Å². The fourth-order valence-electron chi connectivity index (χ4n) is 0.334. The second-order valence-electron chi connectivity index (χ2n) is 1.65. The van der Waals surface area contributed by atoms with Gasteiger partial charge >= 0.3 is 6.18 Å². The fraction of sp³-hybridized carbons (Fsp3) is 1.00. The van der Waals surface area contributed by atoms with Crippen LogP contribution in [0.1, 0.15) is 6.42 Å². The van der Waals surface area contributed by atoms with Crippen molar-refractivity contribution < 1.29 is 17.6 Å². The van der Waals surface area contributed by atoms with Gasteiger partial charge in [0.1, 0.15) is 6.17 Å². The van der Waals surface area contributed by atoms with E-state index in [0.29, 0.717) is 0 Å². The number of hydrogen-bond donors (Lipinski definition) is 1. The molecule has 0 fully saturated rings. The fourth-order valence-corrected chi connectivity index (χ4v) is 0.334. The van der Waals surface area contributed by atoms with Crippen molar-refractivity contribution in [3.63, 3.8) is 0 Å². The molecule has 5 heteroatoms. The standard InChI is InChI=1S/C4H7F4N/c5-3(2-9)1-4(6,7)8/h3H,1-2,9H2/t3-/m0/s1. The Hall–Kier alpha value is -0.320. The third-order valence-corrected chi connectivity index (χ3v) is 0.709. The highest BCUT2D eigenvalue weighted by atomic mass is 19.4. The maximum atomic E-state index is 11.8. The summed E-state index contributed by atoms with van der Waals surface area (Å²) in [7, 11) is 0. The molecule has 0 aliphatic carbocycles. The summed E-state index contributed by atoms with van der Waals surface area (Å²) in [6.45, 7) is -0.570. The van der Waals surface area contributed by atoms with Gasteiger partial charge in [0.2, 0.25) is 0 Å². The van der Waals surface area contributed by atoms with Crippen molar-refractivity contribution in [2.75, 3.05) is 6.54 Å². The Morgan fingerprint density at radius 2 is 1.78 bits per heavy atom. The quantitative estimate of drug-likeness (QED) is 0.581. The zero-order valence-corrected chi connectivity index (χ0v) is 4.58. The van der Waals surface area contributed by atoms with Gasteiger partial charge in [-0.3, -0.25) is 0 Å². The van der Waals surface area contributed by atoms with Gasteiger partial charge in [-0.25, -0.2) is 4.39 Å². The number of halogens is 4. The van der Waals surface area contributed by atoms with Crippen molar-refractivity contribution in [2.24, 2.45) is 5.73 Å². The first-order chi connectivity index (χ1) is 3.95. The molecule has 0 spiro atoms. The van der Waals surface area contributed by atoms with Crippen LogP contribution < -0.4 is 5.73 Å². The minimum atomic E-state index is -4.43. The van der Waals surface area contributed by atoms with E-state index < -0.39 is 25.3 Å². The predicted octanol–water partition coefficient (Wildman–Crippen LogP) is 1.24. The first-order valence-electron chi connectivity index (χ1n) is 2.36. The molecule has 0 aromatic rings. The molecule has 0 aliphatic rings. The van der Waals surface area contributed by atoms with Gasteiger partial charge < -0.3 is 5.73 Å². The van der Waals surface area contributed by atoms with Crippen LogP contribution in [0.2, 0.25) is 0 Å². The Kier molecular flexibility index (Phi) is 2.90. The molecule has 0 aromatic heterocycles. The summed E-state index contributed by atoms with van der Waals surface area (Å²) in [5, 5.41) is 0. The number of hydrogen-bond acceptors (Lipinski definition) is 1. The Bertz CT molecular complexity index is 79.1. The molecule has 0 heterocycles. The summed E-state index contributed by atoms with van der Waals surface area (Å²) < 4.78 is 45.4. The Labute approximate surface area is 49.8 Å². The number of rotatable bonds is 2. The molecular formula is C4H7F4N. The molecule has 0 radical (unpaired) electrons. The second-order valence-corrected chi connectivity index (χ2v) is 1.65. The van der Waals surface area contributed by atoms with Crippen molar-refractivity contribution in [1.82, 2.24) is 0 Å². The van der Waals surface area contributed by atoms with E-state index in [9.17, 15) is 17.6 Å². The number of alkyl halides is 4. The SMILES string of the molecule is NC[C@@H](F)CC(F)(F)F. The minimum Gasteiger partial charge on any atom is -0.328 e. The molecule has 0 aromatic carbocycles. The molecule has 1 atom stereocenters. The summed E-state index contributed by atoms with van der Waals surface area (Å²) in [6.07, 6.45) is -7.83. The van der Waals surface area contributed by atoms with Gasteiger partial charge in [0.05, 0.1) is 6.42 Å². The summed E-state index contributed by atoms with van der Waals surface area (Å²) >= 11 is 0. The lowest BCUT2D eigenvalue weighted by Gasteiger charge is -2.07. The van der Waals surface area contributed by atoms with Gasteiger partial charge in [0, 0.05) is 6.54 Å². The van der Waals surface area contributed by atoms with E-state index in [2.05, 4.69) is 5.73 Å². The maximum absolute atomic E-state index is 11.8. The molecule has 56 valence electrons. The molecule has 0 bridgehead atoms. The van der Waals surface area contributed by atoms with Crippen molar-refractivity contribution in [3.8, 4) is 0 Å². The minimum absolute atomic E-state index is 0.570. The highest BCUT2D eigenvalue weighted by molar-refractivity contribution is 4.61. The second kappa shape index (κ2) is 3.00. The molecule has 0 aliphatic heterocycles. The van der Waals surface area contributed by atoms with Crippen molar-refractivity contribution in [3.05, 3.63) is 0 Å². The van der Waals surface area contributed by atoms with Crippen LogP contribution in [-0.2, 0) is 0 Å². The Morgan fingerprint density at radius 3 is 1.89 bits per heavy atom. The van der Waals surface area contributed by atoms with E-state index in [4.69, 9.17) is 0 Å². The normalized spacial score (nSPS) is 15.7. The van der Waals surface area contributed by atoms with Crippen LogP contribution in [0.5, 0.6) is 0 Å². The van der Waals surface area contributed by atoms with Crippen LogP contribution in [0, 0.1) is 0 Å². The molecule has 2 N–H and O–H groups in total. The van der Waals surface area contributed by atoms with Gasteiger partial charge in [0.25, 0.3) is 0 Å². The zero-order chi connectivity index (χ0) is 7.49. The summed E-state index contributed by atoms with van der Waals surface area (Å²) in [5.74, 6) is 0. The highest BCUT2D eigenvalue weighted by Gasteiger charge is 2.31. The van der Waals surface area contributed by atoms with Crippen LogP contribution >= 0.6 is 0 Å². The third-order valence-electron chi connectivity index (χ3n) is 0.709. The van der Waals surface area contributed by atoms with Crippen molar-refractivity contribution >= 4 is 0 Å². The zero-order valence-electron chi connectivity index (χ0n) is 4.58. The summed E-state index contributed by atoms with van der Waals surface area (Å²) in [6, 6.07) is 0. The van der Waals surface area contributed by atoms with Gasteiger partial charge in [-0.2, -0.15) is 13.2 Å². The van der Waals surface area contributed by atoms with E-state index in [1.165, 1.54) is 0 Å². The largest absolute Gasteiger partial charge is 0.391 e. The van der Waals surface area contributed by atoms with E-state index in [1.807, 2.05) is 0 Å². The lowest BCUT2D eigenvalue weighted by Crippen LogP contribution is -2.22. The van der Waals surface area contributed by atoms with E-state index in [-0.39, 0.29) is 0 Å². The van der Waals surface area contributed by atoms with Gasteiger partial charge in [-0.1, -0.05) is 0 Å². The van der Waals surface area contributed by atoms with Crippen LogP contribution in [0.15, 0.2) is 0 Å². The molecule has 0 rings (SSSR count). The first-order valence-corrected chi connectivity index (χ1v) is 2.36. The van der Waals surface area contributed by atoms with Gasteiger partial charge in [-0.15, -0.1) is 0 Å². The topological polar surface area (TPSA) is 26.0 Å². The van der Waals surface area contributed by atoms with E-state index in [1.54, 1.807) is 0 Å². The van der Waals surface area contributed by atoms with Crippen LogP contribution in [0.3, 0.4) is 0 Å². The number of nitrogens with two attached hydrogens (primary N) is 1. The average Bonchev–Trinajstić information content (AvgIpc) is 1.62. The molecular weight excluding hydrogens is 138 g/mol. The molecule has 0 unspecified atom stereocenters. The molecule has 1 nitrogen and oxygen atoms in total. The van der Waals surface area contributed by atoms with E-state index >= 15 is 0 Å². The monoisotopic (exact) mass is 145 g/mol. The third kappa shape index (κ3) is 5.55. The lowest BCUT2D eigenvalue weighted by atomic mass is 10.3. The Balaban J connectivity index is 3.47. The van der Waals surface area contributed by atoms with Crippen LogP contribution in [0.25, 0.3) is 0 Å². The summed E-state index contributed by atoms with van der Waals surface area (Å²) in [5.41, 5.74) is 4.60. The average molecular weight is 145 g/mol. The smallest absolute Gasteiger partial charge is 0.328 e. The van der Waals surface area contributed by atoms with Crippen LogP contribution in [-0.4, -0.2) is 18.9 Å². The van der Waals surface area contributed by atoms with Crippen molar-refractivity contribution in [2.45, 2.75) is 18.8 Å². The predicted molar refractivity (Wildman–Crippen MR) is 24.6 cm³/mol. The molecule has 9 heavy (non-hydrogen) atoms. The molecule has 0 amide bonds. The highest BCUT2D eigenvalue weighted by Crippen LogP contribution is 2.22.